The van der Waals surface area contributed by atoms with Gasteiger partial charge in [0, 0.05) is 55.3 Å². The molecule has 5 heteroatoms. The van der Waals surface area contributed by atoms with Crippen molar-refractivity contribution in [1.82, 2.24) is 9.97 Å². The number of benzene rings is 3. The molecule has 6 rings (SSSR count). The molecule has 0 saturated heterocycles. The van der Waals surface area contributed by atoms with Crippen LogP contribution in [0.4, 0.5) is 0 Å². The number of allylic oxidation sites excluding steroid dienone is 2. The summed E-state index contributed by atoms with van der Waals surface area (Å²) in [6.45, 7) is 12.6. The largest absolute Gasteiger partial charge is 0.512 e. The molecule has 1 aliphatic rings. The van der Waals surface area contributed by atoms with Gasteiger partial charge in [-0.15, -0.1) is 12.1 Å². The number of para-hydroxylation sites is 1. The van der Waals surface area contributed by atoms with Gasteiger partial charge in [0.1, 0.15) is 0 Å². The monoisotopic (exact) mass is 776 g/mol. The number of carbonyl (C=O) groups is 1. The quantitative estimate of drug-likeness (QED) is 0.0969. The molecule has 0 atom stereocenters. The van der Waals surface area contributed by atoms with Crippen LogP contribution in [-0.2, 0) is 30.3 Å². The summed E-state index contributed by atoms with van der Waals surface area (Å²) in [4.78, 5) is 21.6. The number of carbonyl (C=O) groups excluding carboxylic acids is 1. The SMILES string of the molecule is CC1(C)c2nc3ccccc3[c-]c2-c2nccc3cc(-c4ccccc4)cc1c23.CCC(CC)C(=O)/C=C(\O)C(CC)CC.[Ir]. The second-order valence-electron chi connectivity index (χ2n) is 12.2. The minimum absolute atomic E-state index is 0. The molecule has 5 aromatic rings. The summed E-state index contributed by atoms with van der Waals surface area (Å²) in [5, 5.41) is 13.2. The van der Waals surface area contributed by atoms with E-state index in [0.29, 0.717) is 0 Å². The molecule has 2 heterocycles. The van der Waals surface area contributed by atoms with Crippen molar-refractivity contribution in [1.29, 1.82) is 0 Å². The van der Waals surface area contributed by atoms with Crippen molar-refractivity contribution in [2.75, 3.05) is 0 Å². The average Bonchev–Trinajstić information content (AvgIpc) is 3.04. The van der Waals surface area contributed by atoms with E-state index in [-0.39, 0.29) is 48.9 Å². The smallest absolute Gasteiger partial charge is 0.162 e. The van der Waals surface area contributed by atoms with E-state index in [0.717, 1.165) is 53.5 Å². The number of pyridine rings is 2. The predicted molar refractivity (Wildman–Crippen MR) is 183 cm³/mol. The standard InChI is InChI=1S/C27H19N2.C13H24O2.Ir/c1-27(2)22-16-20(17-8-4-3-5-9-17)14-19-12-13-28-25(24(19)22)21-15-18-10-6-7-11-23(18)29-26(21)27;1-5-10(6-2)12(14)9-13(15)11(7-3)8-4;/h3-14,16H,1-2H3;9-11,14H,5-8H2,1-4H3;/q-1;;/b;12-9-;. The van der Waals surface area contributed by atoms with Crippen molar-refractivity contribution in [3.63, 3.8) is 0 Å². The fraction of sp³-hybridized carbons (Fsp3) is 0.325. The van der Waals surface area contributed by atoms with E-state index in [1.54, 1.807) is 0 Å². The number of nitrogens with zero attached hydrogens (tertiary/aromatic N) is 2. The normalized spacial score (nSPS) is 13.3. The van der Waals surface area contributed by atoms with E-state index in [1.165, 1.54) is 33.5 Å². The maximum absolute atomic E-state index is 11.7. The van der Waals surface area contributed by atoms with Gasteiger partial charge in [0.15, 0.2) is 5.78 Å². The van der Waals surface area contributed by atoms with Gasteiger partial charge in [0.05, 0.1) is 5.76 Å². The van der Waals surface area contributed by atoms with Gasteiger partial charge >= 0.3 is 0 Å². The van der Waals surface area contributed by atoms with Crippen molar-refractivity contribution in [2.45, 2.75) is 72.6 Å². The summed E-state index contributed by atoms with van der Waals surface area (Å²) in [7, 11) is 0. The van der Waals surface area contributed by atoms with E-state index < -0.39 is 0 Å². The molecule has 235 valence electrons. The Labute approximate surface area is 281 Å². The Morgan fingerprint density at radius 3 is 2.18 bits per heavy atom. The number of hydrogen-bond donors (Lipinski definition) is 1. The Bertz CT molecular complexity index is 1820. The maximum Gasteiger partial charge on any atom is 0.162 e. The molecule has 0 aliphatic heterocycles. The molecule has 4 nitrogen and oxygen atoms in total. The summed E-state index contributed by atoms with van der Waals surface area (Å²) in [5.74, 6) is 0.547. The summed E-state index contributed by atoms with van der Waals surface area (Å²) >= 11 is 0. The van der Waals surface area contributed by atoms with Crippen molar-refractivity contribution < 1.29 is 30.0 Å². The molecule has 0 bridgehead atoms. The number of aromatic nitrogens is 2. The van der Waals surface area contributed by atoms with Crippen LogP contribution in [0.1, 0.15) is 78.5 Å². The third-order valence-corrected chi connectivity index (χ3v) is 9.19. The molecular formula is C40H43IrN2O2-. The van der Waals surface area contributed by atoms with Crippen LogP contribution in [0.3, 0.4) is 0 Å². The second-order valence-corrected chi connectivity index (χ2v) is 12.2. The first kappa shape index (κ1) is 34.2. The summed E-state index contributed by atoms with van der Waals surface area (Å²) in [6.07, 6.45) is 6.81. The first-order chi connectivity index (χ1) is 21.2. The van der Waals surface area contributed by atoms with E-state index in [2.05, 4.69) is 80.6 Å². The third kappa shape index (κ3) is 6.81. The van der Waals surface area contributed by atoms with Crippen molar-refractivity contribution >= 4 is 27.5 Å². The minimum atomic E-state index is -0.241. The molecule has 1 aliphatic carbocycles. The fourth-order valence-electron chi connectivity index (χ4n) is 6.37. The Morgan fingerprint density at radius 2 is 1.51 bits per heavy atom. The Morgan fingerprint density at radius 1 is 0.867 bits per heavy atom. The molecule has 0 unspecified atom stereocenters. The fourth-order valence-corrected chi connectivity index (χ4v) is 6.37. The minimum Gasteiger partial charge on any atom is -0.512 e. The van der Waals surface area contributed by atoms with Crippen molar-refractivity contribution in [3.8, 4) is 22.4 Å². The van der Waals surface area contributed by atoms with Crippen molar-refractivity contribution in [3.05, 3.63) is 108 Å². The van der Waals surface area contributed by atoms with Gasteiger partial charge in [0.2, 0.25) is 0 Å². The topological polar surface area (TPSA) is 63.1 Å². The molecule has 0 amide bonds. The molecule has 0 spiro atoms. The molecule has 3 aromatic carbocycles. The van der Waals surface area contributed by atoms with Crippen LogP contribution in [0.15, 0.2) is 90.8 Å². The van der Waals surface area contributed by atoms with Crippen molar-refractivity contribution in [2.24, 2.45) is 11.8 Å². The molecule has 1 radical (unpaired) electrons. The maximum atomic E-state index is 11.7. The van der Waals surface area contributed by atoms with Gasteiger partial charge in [-0.1, -0.05) is 107 Å². The second kappa shape index (κ2) is 14.6. The first-order valence-electron chi connectivity index (χ1n) is 16.0. The molecule has 0 fully saturated rings. The van der Waals surface area contributed by atoms with Gasteiger partial charge in [-0.05, 0) is 76.5 Å². The number of fused-ring (bicyclic) bond motifs is 3. The van der Waals surface area contributed by atoms with Crippen LogP contribution in [0, 0.1) is 17.9 Å². The van der Waals surface area contributed by atoms with E-state index in [1.807, 2.05) is 46.0 Å². The summed E-state index contributed by atoms with van der Waals surface area (Å²) in [6, 6.07) is 29.1. The summed E-state index contributed by atoms with van der Waals surface area (Å²) in [5.41, 5.74) is 7.54. The van der Waals surface area contributed by atoms with Crippen LogP contribution in [0.5, 0.6) is 0 Å². The zero-order chi connectivity index (χ0) is 31.4. The number of hydrogen-bond acceptors (Lipinski definition) is 4. The van der Waals surface area contributed by atoms with E-state index in [9.17, 15) is 9.90 Å². The van der Waals surface area contributed by atoms with Crippen LogP contribution >= 0.6 is 0 Å². The third-order valence-electron chi connectivity index (χ3n) is 9.19. The number of ketones is 1. The van der Waals surface area contributed by atoms with Crippen LogP contribution < -0.4 is 0 Å². The van der Waals surface area contributed by atoms with E-state index >= 15 is 0 Å². The van der Waals surface area contributed by atoms with Gasteiger partial charge in [-0.2, -0.15) is 0 Å². The molecular weight excluding hydrogens is 733 g/mol. The number of aliphatic hydroxyl groups excluding tert-OH is 1. The zero-order valence-electron chi connectivity index (χ0n) is 27.1. The van der Waals surface area contributed by atoms with Gasteiger partial charge < -0.3 is 10.1 Å². The van der Waals surface area contributed by atoms with Crippen LogP contribution in [0.2, 0.25) is 0 Å². The van der Waals surface area contributed by atoms with Crippen LogP contribution in [0.25, 0.3) is 44.1 Å². The Hall–Kier alpha value is -3.66. The predicted octanol–water partition coefficient (Wildman–Crippen LogP) is 10.4. The van der Waals surface area contributed by atoms with Crippen LogP contribution in [-0.4, -0.2) is 20.9 Å². The molecule has 2 aromatic heterocycles. The van der Waals surface area contributed by atoms with E-state index in [4.69, 9.17) is 9.97 Å². The first-order valence-corrected chi connectivity index (χ1v) is 16.0. The average molecular weight is 776 g/mol. The number of aliphatic hydroxyl groups is 1. The zero-order valence-corrected chi connectivity index (χ0v) is 29.5. The Balaban J connectivity index is 0.000000249. The van der Waals surface area contributed by atoms with Gasteiger partial charge in [0.25, 0.3) is 0 Å². The molecule has 45 heavy (non-hydrogen) atoms. The number of rotatable bonds is 8. The summed E-state index contributed by atoms with van der Waals surface area (Å²) < 4.78 is 0. The molecule has 1 N–H and O–H groups in total. The molecule has 0 saturated carbocycles. The van der Waals surface area contributed by atoms with Gasteiger partial charge in [-0.25, -0.2) is 0 Å². The Kier molecular flexibility index (Phi) is 11.1. The van der Waals surface area contributed by atoms with Gasteiger partial charge in [-0.3, -0.25) is 9.78 Å².